The van der Waals surface area contributed by atoms with E-state index in [0.717, 1.165) is 32.3 Å². The zero-order valence-corrected chi connectivity index (χ0v) is 21.8. The van der Waals surface area contributed by atoms with Crippen molar-refractivity contribution in [1.82, 2.24) is 0 Å². The second kappa shape index (κ2) is 13.5. The van der Waals surface area contributed by atoms with E-state index in [2.05, 4.69) is 45.7 Å². The molecule has 0 radical (unpaired) electrons. The lowest BCUT2D eigenvalue weighted by Gasteiger charge is -2.31. The maximum absolute atomic E-state index is 6.32. The second-order valence-corrected chi connectivity index (χ2v) is 12.1. The normalized spacial score (nSPS) is 15.6. The molecule has 2 heterocycles. The zero-order chi connectivity index (χ0) is 20.2. The van der Waals surface area contributed by atoms with Gasteiger partial charge in [0.05, 0.1) is 13.2 Å². The molecule has 0 saturated carbocycles. The monoisotopic (exact) mass is 536 g/mol. The summed E-state index contributed by atoms with van der Waals surface area (Å²) in [6.45, 7) is 6.13. The highest BCUT2D eigenvalue weighted by Crippen LogP contribution is 2.51. The van der Waals surface area contributed by atoms with Crippen molar-refractivity contribution < 1.29 is 9.47 Å². The predicted octanol–water partition coefficient (Wildman–Crippen LogP) is 9.53. The van der Waals surface area contributed by atoms with Gasteiger partial charge < -0.3 is 9.47 Å². The van der Waals surface area contributed by atoms with Crippen LogP contribution in [0, 0.1) is 5.41 Å². The summed E-state index contributed by atoms with van der Waals surface area (Å²) in [5, 5.41) is 0. The Labute approximate surface area is 193 Å². The fourth-order valence-corrected chi connectivity index (χ4v) is 6.92. The van der Waals surface area contributed by atoms with Crippen LogP contribution in [0.1, 0.15) is 104 Å². The summed E-state index contributed by atoms with van der Waals surface area (Å²) < 4.78 is 14.7. The summed E-state index contributed by atoms with van der Waals surface area (Å²) >= 11 is 8.90. The first kappa shape index (κ1) is 24.5. The Morgan fingerprint density at radius 1 is 0.679 bits per heavy atom. The van der Waals surface area contributed by atoms with Crippen LogP contribution in [0.3, 0.4) is 0 Å². The molecule has 2 nitrogen and oxygen atoms in total. The lowest BCUT2D eigenvalue weighted by molar-refractivity contribution is 0.0778. The lowest BCUT2D eigenvalue weighted by Crippen LogP contribution is -2.33. The minimum absolute atomic E-state index is 0.158. The number of thiophene rings is 1. The summed E-state index contributed by atoms with van der Waals surface area (Å²) in [5.74, 6) is 1.79. The van der Waals surface area contributed by atoms with Gasteiger partial charge in [0.1, 0.15) is 7.57 Å². The first-order valence-corrected chi connectivity index (χ1v) is 13.8. The van der Waals surface area contributed by atoms with Crippen LogP contribution >= 0.6 is 43.2 Å². The average Bonchev–Trinajstić information content (AvgIpc) is 2.84. The van der Waals surface area contributed by atoms with Gasteiger partial charge in [-0.2, -0.15) is 0 Å². The van der Waals surface area contributed by atoms with Gasteiger partial charge in [-0.3, -0.25) is 0 Å². The summed E-state index contributed by atoms with van der Waals surface area (Å²) in [4.78, 5) is 0. The molecule has 0 aliphatic carbocycles. The first-order chi connectivity index (χ1) is 13.6. The fourth-order valence-electron chi connectivity index (χ4n) is 4.06. The molecule has 0 bridgehead atoms. The smallest absolute Gasteiger partial charge is 0.187 e. The van der Waals surface area contributed by atoms with Gasteiger partial charge >= 0.3 is 0 Å². The molecular weight excluding hydrogens is 500 g/mol. The van der Waals surface area contributed by atoms with Gasteiger partial charge in [0.25, 0.3) is 0 Å². The molecule has 162 valence electrons. The quantitative estimate of drug-likeness (QED) is 0.220. The molecule has 0 fully saturated rings. The van der Waals surface area contributed by atoms with Crippen LogP contribution in [0.4, 0.5) is 0 Å². The number of rotatable bonds is 14. The Bertz CT molecular complexity index is 513. The van der Waals surface area contributed by atoms with Crippen LogP contribution in [0.5, 0.6) is 11.5 Å². The molecule has 1 aromatic rings. The number of halogens is 2. The minimum Gasteiger partial charge on any atom is -0.487 e. The van der Waals surface area contributed by atoms with E-state index >= 15 is 0 Å². The van der Waals surface area contributed by atoms with E-state index < -0.39 is 0 Å². The van der Waals surface area contributed by atoms with Crippen LogP contribution in [-0.4, -0.2) is 13.2 Å². The van der Waals surface area contributed by atoms with E-state index in [1.807, 2.05) is 0 Å². The molecule has 0 spiro atoms. The average molecular weight is 538 g/mol. The van der Waals surface area contributed by atoms with Crippen molar-refractivity contribution in [2.75, 3.05) is 13.2 Å². The Morgan fingerprint density at radius 3 is 1.50 bits per heavy atom. The first-order valence-electron chi connectivity index (χ1n) is 11.4. The summed E-state index contributed by atoms with van der Waals surface area (Å²) in [6.07, 6.45) is 18.6. The molecule has 2 rings (SSSR count). The number of unbranched alkanes of at least 4 members (excludes halogenated alkanes) is 10. The highest BCUT2D eigenvalue weighted by molar-refractivity contribution is 9.12. The van der Waals surface area contributed by atoms with Gasteiger partial charge in [0.2, 0.25) is 0 Å². The molecule has 0 aromatic carbocycles. The van der Waals surface area contributed by atoms with E-state index in [9.17, 15) is 0 Å². The van der Waals surface area contributed by atoms with Gasteiger partial charge in [-0.15, -0.1) is 11.3 Å². The summed E-state index contributed by atoms with van der Waals surface area (Å²) in [6, 6.07) is 0. The van der Waals surface area contributed by atoms with Gasteiger partial charge in [-0.05, 0) is 44.7 Å². The van der Waals surface area contributed by atoms with Crippen LogP contribution in [0.15, 0.2) is 7.57 Å². The topological polar surface area (TPSA) is 18.5 Å². The highest BCUT2D eigenvalue weighted by atomic mass is 79.9. The summed E-state index contributed by atoms with van der Waals surface area (Å²) in [7, 11) is 0. The molecule has 28 heavy (non-hydrogen) atoms. The molecule has 0 unspecified atom stereocenters. The van der Waals surface area contributed by atoms with Gasteiger partial charge in [-0.1, -0.05) is 90.9 Å². The highest BCUT2D eigenvalue weighted by Gasteiger charge is 2.36. The number of fused-ring (bicyclic) bond motifs is 1. The van der Waals surface area contributed by atoms with E-state index in [-0.39, 0.29) is 5.41 Å². The third kappa shape index (κ3) is 7.83. The molecule has 0 N–H and O–H groups in total. The molecule has 0 amide bonds. The van der Waals surface area contributed by atoms with Crippen molar-refractivity contribution >= 4 is 43.2 Å². The molecule has 1 aromatic heterocycles. The van der Waals surface area contributed by atoms with Crippen molar-refractivity contribution in [1.29, 1.82) is 0 Å². The Hall–Kier alpha value is 0.260. The fraction of sp³-hybridized carbons (Fsp3) is 0.826. The number of ether oxygens (including phenoxy) is 2. The Morgan fingerprint density at radius 2 is 1.07 bits per heavy atom. The third-order valence-corrected chi connectivity index (χ3v) is 8.33. The van der Waals surface area contributed by atoms with E-state index in [1.165, 1.54) is 89.9 Å². The molecule has 0 atom stereocenters. The molecule has 1 aliphatic heterocycles. The van der Waals surface area contributed by atoms with E-state index in [1.54, 1.807) is 11.3 Å². The van der Waals surface area contributed by atoms with Crippen LogP contribution in [-0.2, 0) is 0 Å². The molecule has 1 aliphatic rings. The third-order valence-electron chi connectivity index (χ3n) is 5.91. The van der Waals surface area contributed by atoms with Crippen LogP contribution in [0.2, 0.25) is 0 Å². The van der Waals surface area contributed by atoms with Crippen LogP contribution in [0.25, 0.3) is 0 Å². The van der Waals surface area contributed by atoms with Gasteiger partial charge in [0, 0.05) is 5.41 Å². The molecular formula is C23H38Br2O2S. The molecule has 0 saturated heterocycles. The Balaban J connectivity index is 1.89. The van der Waals surface area contributed by atoms with Crippen molar-refractivity contribution in [3.8, 4) is 11.5 Å². The Kier molecular flexibility index (Phi) is 11.9. The van der Waals surface area contributed by atoms with Gasteiger partial charge in [0.15, 0.2) is 11.5 Å². The van der Waals surface area contributed by atoms with Crippen molar-refractivity contribution in [3.63, 3.8) is 0 Å². The number of hydrogen-bond donors (Lipinski definition) is 0. The lowest BCUT2D eigenvalue weighted by atomic mass is 9.79. The largest absolute Gasteiger partial charge is 0.487 e. The number of hydrogen-bond acceptors (Lipinski definition) is 3. The minimum atomic E-state index is 0.158. The maximum Gasteiger partial charge on any atom is 0.187 e. The predicted molar refractivity (Wildman–Crippen MR) is 129 cm³/mol. The second-order valence-electron chi connectivity index (χ2n) is 8.42. The maximum atomic E-state index is 6.32. The van der Waals surface area contributed by atoms with Crippen molar-refractivity contribution in [2.24, 2.45) is 5.41 Å². The van der Waals surface area contributed by atoms with E-state index in [4.69, 9.17) is 9.47 Å². The van der Waals surface area contributed by atoms with Crippen molar-refractivity contribution in [3.05, 3.63) is 7.57 Å². The van der Waals surface area contributed by atoms with Crippen LogP contribution < -0.4 is 9.47 Å². The van der Waals surface area contributed by atoms with Gasteiger partial charge in [-0.25, -0.2) is 0 Å². The SMILES string of the molecule is CCCCCCCCC1(CCCCCCCC)COc2c(Br)sc(Br)c2OC1. The molecule has 5 heteroatoms. The standard InChI is InChI=1S/C23H38Br2O2S/c1-3-5-7-9-11-13-15-23(16-14-12-10-8-6-4-2)17-26-19-20(27-18-23)22(25)28-21(19)24/h3-18H2,1-2H3. The summed E-state index contributed by atoms with van der Waals surface area (Å²) in [5.41, 5.74) is 0.158. The van der Waals surface area contributed by atoms with Crippen molar-refractivity contribution in [2.45, 2.75) is 104 Å². The zero-order valence-electron chi connectivity index (χ0n) is 17.8. The van der Waals surface area contributed by atoms with E-state index in [0.29, 0.717) is 0 Å².